The molecular weight excluding hydrogens is 246 g/mol. The van der Waals surface area contributed by atoms with E-state index in [4.69, 9.17) is 0 Å². The van der Waals surface area contributed by atoms with E-state index in [2.05, 4.69) is 0 Å². The SMILES string of the molecule is O=[N+]([O-])C1=C([O-])C(=[N+]([O-])[O-])CC1.[K+].[K+]. The fraction of sp³-hybridized carbons (Fsp3) is 0.400. The van der Waals surface area contributed by atoms with Crippen LogP contribution < -0.4 is 108 Å². The minimum absolute atomic E-state index is 0. The molecule has 0 aromatic heterocycles. The van der Waals surface area contributed by atoms with Crippen molar-refractivity contribution in [2.24, 2.45) is 0 Å². The summed E-state index contributed by atoms with van der Waals surface area (Å²) in [6.45, 7) is 0. The summed E-state index contributed by atoms with van der Waals surface area (Å²) in [4.78, 5) is 8.37. The van der Waals surface area contributed by atoms with Crippen LogP contribution in [0, 0.1) is 20.5 Å². The summed E-state index contributed by atoms with van der Waals surface area (Å²) >= 11 is 0. The van der Waals surface area contributed by atoms with Gasteiger partial charge in [0.1, 0.15) is 0 Å². The van der Waals surface area contributed by atoms with Gasteiger partial charge >= 0.3 is 103 Å². The zero-order chi connectivity index (χ0) is 9.30. The Kier molecular flexibility index (Phi) is 9.83. The Morgan fingerprint density at radius 3 is 1.79 bits per heavy atom. The number of allylic oxidation sites excluding steroid dienone is 2. The largest absolute Gasteiger partial charge is 1.00 e. The molecule has 0 aromatic carbocycles. The van der Waals surface area contributed by atoms with Crippen molar-refractivity contribution >= 4 is 5.71 Å². The number of nitrogens with zero attached hydrogens (tertiary/aromatic N) is 2. The Balaban J connectivity index is 0. The van der Waals surface area contributed by atoms with Gasteiger partial charge in [-0.2, -0.15) is 4.90 Å². The molecule has 0 radical (unpaired) electrons. The number of hydrogen-bond acceptors (Lipinski definition) is 5. The predicted molar refractivity (Wildman–Crippen MR) is 35.3 cm³/mol. The molecule has 66 valence electrons. The van der Waals surface area contributed by atoms with E-state index in [0.717, 1.165) is 0 Å². The molecule has 1 rings (SSSR count). The van der Waals surface area contributed by atoms with Crippen LogP contribution in [0.15, 0.2) is 11.5 Å². The second-order valence-corrected chi connectivity index (χ2v) is 2.24. The van der Waals surface area contributed by atoms with Gasteiger partial charge in [0.05, 0.1) is 4.92 Å². The van der Waals surface area contributed by atoms with Gasteiger partial charge in [0, 0.05) is 18.6 Å². The van der Waals surface area contributed by atoms with Crippen molar-refractivity contribution in [2.45, 2.75) is 12.8 Å². The average molecular weight is 250 g/mol. The van der Waals surface area contributed by atoms with Gasteiger partial charge in [0.2, 0.25) is 5.70 Å². The van der Waals surface area contributed by atoms with Gasteiger partial charge < -0.3 is 15.5 Å². The molecular formula is C5H4K2N2O5. The van der Waals surface area contributed by atoms with Crippen LogP contribution in [0.2, 0.25) is 0 Å². The van der Waals surface area contributed by atoms with Crippen molar-refractivity contribution in [3.05, 3.63) is 32.0 Å². The van der Waals surface area contributed by atoms with Gasteiger partial charge in [-0.05, 0) is 0 Å². The summed E-state index contributed by atoms with van der Waals surface area (Å²) in [6, 6.07) is 0. The molecule has 0 saturated carbocycles. The van der Waals surface area contributed by atoms with Crippen LogP contribution in [-0.2, 0) is 0 Å². The first-order valence-corrected chi connectivity index (χ1v) is 3.09. The van der Waals surface area contributed by atoms with E-state index in [1.54, 1.807) is 0 Å². The molecule has 1 aliphatic rings. The molecule has 0 bridgehead atoms. The van der Waals surface area contributed by atoms with Crippen LogP contribution in [0.1, 0.15) is 12.8 Å². The maximum atomic E-state index is 10.8. The summed E-state index contributed by atoms with van der Waals surface area (Å²) < 4.78 is 0. The van der Waals surface area contributed by atoms with E-state index >= 15 is 0 Å². The van der Waals surface area contributed by atoms with Gasteiger partial charge in [0.25, 0.3) is 0 Å². The van der Waals surface area contributed by atoms with Crippen molar-refractivity contribution in [3.8, 4) is 0 Å². The molecule has 7 nitrogen and oxygen atoms in total. The predicted octanol–water partition coefficient (Wildman–Crippen LogP) is -6.91. The van der Waals surface area contributed by atoms with Gasteiger partial charge in [-0.1, -0.05) is 0 Å². The third kappa shape index (κ3) is 4.16. The van der Waals surface area contributed by atoms with Gasteiger partial charge in [-0.25, -0.2) is 0 Å². The van der Waals surface area contributed by atoms with Crippen LogP contribution in [0.3, 0.4) is 0 Å². The molecule has 9 heteroatoms. The van der Waals surface area contributed by atoms with Crippen molar-refractivity contribution in [1.29, 1.82) is 0 Å². The third-order valence-corrected chi connectivity index (χ3v) is 1.56. The normalized spacial score (nSPS) is 14.4. The van der Waals surface area contributed by atoms with E-state index in [9.17, 15) is 25.6 Å². The van der Waals surface area contributed by atoms with E-state index in [-0.39, 0.29) is 116 Å². The second-order valence-electron chi connectivity index (χ2n) is 2.24. The fourth-order valence-electron chi connectivity index (χ4n) is 0.979. The standard InChI is InChI=1S/C5H5N2O5.2K/c8-5-3(6(9)10)1-2-4(5)7(11)12;;/h1-2H2,(H-,8,9,10);;/q-1;2*+1/p-1. The van der Waals surface area contributed by atoms with Crippen molar-refractivity contribution in [1.82, 2.24) is 0 Å². The minimum atomic E-state index is -1.04. The molecule has 0 heterocycles. The maximum absolute atomic E-state index is 10.8. The molecule has 0 aromatic rings. The first-order valence-electron chi connectivity index (χ1n) is 3.09. The van der Waals surface area contributed by atoms with Crippen molar-refractivity contribution < 1.29 is 118 Å². The molecule has 0 saturated heterocycles. The summed E-state index contributed by atoms with van der Waals surface area (Å²) in [7, 11) is 0. The number of rotatable bonds is 1. The Hall–Kier alpha value is 1.48. The first kappa shape index (κ1) is 17.9. The molecule has 0 unspecified atom stereocenters. The maximum Gasteiger partial charge on any atom is 1.00 e. The monoisotopic (exact) mass is 250 g/mol. The van der Waals surface area contributed by atoms with E-state index in [1.165, 1.54) is 0 Å². The number of nitro groups is 1. The molecule has 0 aliphatic heterocycles. The molecule has 0 amide bonds. The van der Waals surface area contributed by atoms with Crippen molar-refractivity contribution in [3.63, 3.8) is 0 Å². The summed E-state index contributed by atoms with van der Waals surface area (Å²) in [5.74, 6) is -1.04. The van der Waals surface area contributed by atoms with Gasteiger partial charge in [-0.15, -0.1) is 0 Å². The fourth-order valence-corrected chi connectivity index (χ4v) is 0.979. The first-order chi connectivity index (χ1) is 5.54. The molecule has 1 aliphatic carbocycles. The number of hydrogen-bond donors (Lipinski definition) is 0. The average Bonchev–Trinajstić information content (AvgIpc) is 2.30. The Bertz CT molecular complexity index is 296. The van der Waals surface area contributed by atoms with E-state index in [0.29, 0.717) is 0 Å². The zero-order valence-electron chi connectivity index (χ0n) is 7.85. The van der Waals surface area contributed by atoms with Crippen LogP contribution in [0.25, 0.3) is 0 Å². The van der Waals surface area contributed by atoms with Crippen molar-refractivity contribution in [2.75, 3.05) is 0 Å². The van der Waals surface area contributed by atoms with Crippen LogP contribution in [0.4, 0.5) is 0 Å². The van der Waals surface area contributed by atoms with Gasteiger partial charge in [0.15, 0.2) is 5.71 Å². The van der Waals surface area contributed by atoms with Crippen LogP contribution in [0.5, 0.6) is 0 Å². The molecule has 0 N–H and O–H groups in total. The minimum Gasteiger partial charge on any atom is -0.864 e. The molecule has 0 fully saturated rings. The smallest absolute Gasteiger partial charge is 0.864 e. The molecule has 0 spiro atoms. The van der Waals surface area contributed by atoms with E-state index in [1.807, 2.05) is 0 Å². The Labute approximate surface area is 164 Å². The second kappa shape index (κ2) is 7.71. The summed E-state index contributed by atoms with van der Waals surface area (Å²) in [6.07, 6.45) is -0.274. The van der Waals surface area contributed by atoms with Gasteiger partial charge in [-0.3, -0.25) is 10.1 Å². The van der Waals surface area contributed by atoms with Crippen LogP contribution in [-0.4, -0.2) is 15.5 Å². The molecule has 14 heavy (non-hydrogen) atoms. The Morgan fingerprint density at radius 1 is 1.07 bits per heavy atom. The topological polar surface area (TPSA) is 115 Å². The zero-order valence-corrected chi connectivity index (χ0v) is 14.1. The molecule has 0 atom stereocenters. The third-order valence-electron chi connectivity index (χ3n) is 1.56. The quantitative estimate of drug-likeness (QED) is 0.198. The van der Waals surface area contributed by atoms with Crippen LogP contribution >= 0.6 is 0 Å². The van der Waals surface area contributed by atoms with E-state index < -0.39 is 27.0 Å². The summed E-state index contributed by atoms with van der Waals surface area (Å²) in [5.41, 5.74) is -1.16. The Morgan fingerprint density at radius 2 is 1.57 bits per heavy atom. The summed E-state index contributed by atoms with van der Waals surface area (Å²) in [5, 5.41) is 41.1.